The molecule has 136 valence electrons. The first-order chi connectivity index (χ1) is 13.0. The van der Waals surface area contributed by atoms with Gasteiger partial charge in [0, 0.05) is 15.7 Å². The van der Waals surface area contributed by atoms with Crippen LogP contribution in [0.3, 0.4) is 0 Å². The van der Waals surface area contributed by atoms with Gasteiger partial charge >= 0.3 is 5.97 Å². The highest BCUT2D eigenvalue weighted by atomic mass is 127. The summed E-state index contributed by atoms with van der Waals surface area (Å²) in [5.74, 6) is 0.635. The summed E-state index contributed by atoms with van der Waals surface area (Å²) in [6.07, 6.45) is 0. The minimum Gasteiger partial charge on any atom is -0.457 e. The van der Waals surface area contributed by atoms with Crippen molar-refractivity contribution >= 4 is 34.2 Å². The number of ether oxygens (including phenoxy) is 2. The van der Waals surface area contributed by atoms with E-state index in [0.717, 1.165) is 9.13 Å². The Balaban J connectivity index is 1.63. The Morgan fingerprint density at radius 2 is 1.70 bits per heavy atom. The number of carbonyl (C=O) groups excluding carboxylic acids is 1. The molecule has 3 aromatic carbocycles. The number of nitro benzene ring substituents is 1. The summed E-state index contributed by atoms with van der Waals surface area (Å²) >= 11 is 2.14. The third kappa shape index (κ3) is 5.27. The second kappa shape index (κ2) is 8.63. The molecule has 0 atom stereocenters. The highest BCUT2D eigenvalue weighted by Crippen LogP contribution is 2.24. The zero-order chi connectivity index (χ0) is 19.2. The monoisotopic (exact) mass is 475 g/mol. The zero-order valence-corrected chi connectivity index (χ0v) is 16.2. The predicted molar refractivity (Wildman–Crippen MR) is 108 cm³/mol. The van der Waals surface area contributed by atoms with Gasteiger partial charge in [0.05, 0.1) is 10.5 Å². The normalized spacial score (nSPS) is 10.3. The number of benzene rings is 3. The van der Waals surface area contributed by atoms with Gasteiger partial charge in [-0.2, -0.15) is 0 Å². The summed E-state index contributed by atoms with van der Waals surface area (Å²) in [5, 5.41) is 10.7. The smallest absolute Gasteiger partial charge is 0.338 e. The molecule has 0 N–H and O–H groups in total. The summed E-state index contributed by atoms with van der Waals surface area (Å²) in [6, 6.07) is 20.1. The highest BCUT2D eigenvalue weighted by molar-refractivity contribution is 14.1. The molecular weight excluding hydrogens is 461 g/mol. The molecule has 3 rings (SSSR count). The number of nitro groups is 1. The van der Waals surface area contributed by atoms with Crippen molar-refractivity contribution in [3.05, 3.63) is 97.6 Å². The molecule has 0 radical (unpaired) electrons. The van der Waals surface area contributed by atoms with E-state index >= 15 is 0 Å². The summed E-state index contributed by atoms with van der Waals surface area (Å²) in [4.78, 5) is 22.3. The molecule has 0 heterocycles. The van der Waals surface area contributed by atoms with Crippen LogP contribution in [0.25, 0.3) is 0 Å². The average molecular weight is 475 g/mol. The van der Waals surface area contributed by atoms with E-state index in [9.17, 15) is 14.9 Å². The molecule has 7 heteroatoms. The van der Waals surface area contributed by atoms with Gasteiger partial charge < -0.3 is 9.47 Å². The van der Waals surface area contributed by atoms with Crippen LogP contribution in [-0.2, 0) is 11.3 Å². The number of carbonyl (C=O) groups is 1. The van der Waals surface area contributed by atoms with Crippen molar-refractivity contribution in [3.63, 3.8) is 0 Å². The van der Waals surface area contributed by atoms with Crippen LogP contribution in [0.5, 0.6) is 11.5 Å². The number of hydrogen-bond donors (Lipinski definition) is 0. The van der Waals surface area contributed by atoms with Crippen molar-refractivity contribution in [1.29, 1.82) is 0 Å². The zero-order valence-electron chi connectivity index (χ0n) is 14.0. The first-order valence-electron chi connectivity index (χ1n) is 7.95. The Morgan fingerprint density at radius 3 is 2.41 bits per heavy atom. The third-order valence-electron chi connectivity index (χ3n) is 3.61. The number of esters is 1. The van der Waals surface area contributed by atoms with Gasteiger partial charge in [-0.1, -0.05) is 18.2 Å². The van der Waals surface area contributed by atoms with Crippen LogP contribution in [0, 0.1) is 13.7 Å². The van der Waals surface area contributed by atoms with E-state index in [-0.39, 0.29) is 12.3 Å². The molecule has 0 unspecified atom stereocenters. The van der Waals surface area contributed by atoms with E-state index in [4.69, 9.17) is 9.47 Å². The topological polar surface area (TPSA) is 78.7 Å². The molecular formula is C20H14INO5. The van der Waals surface area contributed by atoms with Gasteiger partial charge in [0.2, 0.25) is 0 Å². The molecule has 0 spiro atoms. The maximum Gasteiger partial charge on any atom is 0.338 e. The number of non-ortho nitro benzene ring substituents is 1. The molecule has 0 fully saturated rings. The average Bonchev–Trinajstić information content (AvgIpc) is 2.67. The summed E-state index contributed by atoms with van der Waals surface area (Å²) in [5.41, 5.74) is 1.27. The van der Waals surface area contributed by atoms with Crippen LogP contribution >= 0.6 is 22.6 Å². The van der Waals surface area contributed by atoms with Crippen molar-refractivity contribution in [2.75, 3.05) is 0 Å². The van der Waals surface area contributed by atoms with Gasteiger partial charge in [0.15, 0.2) is 0 Å². The van der Waals surface area contributed by atoms with Gasteiger partial charge in [-0.05, 0) is 70.6 Å². The Hall–Kier alpha value is -2.94. The SMILES string of the molecule is O=C(OCc1cccc(Oc2ccc([N+](=O)[O-])cc2)c1)c1cccc(I)c1. The van der Waals surface area contributed by atoms with Gasteiger partial charge in [0.1, 0.15) is 18.1 Å². The fourth-order valence-corrected chi connectivity index (χ4v) is 2.86. The lowest BCUT2D eigenvalue weighted by Gasteiger charge is -2.09. The second-order valence-corrected chi connectivity index (χ2v) is 6.83. The first-order valence-corrected chi connectivity index (χ1v) is 9.03. The molecule has 0 bridgehead atoms. The van der Waals surface area contributed by atoms with E-state index in [1.54, 1.807) is 36.4 Å². The number of halogens is 1. The van der Waals surface area contributed by atoms with Gasteiger partial charge in [-0.15, -0.1) is 0 Å². The Labute approximate surface area is 169 Å². The predicted octanol–water partition coefficient (Wildman–Crippen LogP) is 5.35. The van der Waals surface area contributed by atoms with E-state index in [0.29, 0.717) is 17.1 Å². The Kier molecular flexibility index (Phi) is 6.02. The van der Waals surface area contributed by atoms with Crippen LogP contribution in [0.2, 0.25) is 0 Å². The summed E-state index contributed by atoms with van der Waals surface area (Å²) < 4.78 is 12.0. The van der Waals surface area contributed by atoms with E-state index < -0.39 is 10.9 Å². The van der Waals surface area contributed by atoms with Crippen LogP contribution in [-0.4, -0.2) is 10.9 Å². The molecule has 0 aliphatic carbocycles. The van der Waals surface area contributed by atoms with E-state index in [2.05, 4.69) is 22.6 Å². The number of nitrogens with zero attached hydrogens (tertiary/aromatic N) is 1. The highest BCUT2D eigenvalue weighted by Gasteiger charge is 2.09. The molecule has 0 aliphatic heterocycles. The number of rotatable bonds is 6. The quantitative estimate of drug-likeness (QED) is 0.208. The van der Waals surface area contributed by atoms with Gasteiger partial charge in [-0.25, -0.2) is 4.79 Å². The largest absolute Gasteiger partial charge is 0.457 e. The summed E-state index contributed by atoms with van der Waals surface area (Å²) in [6.45, 7) is 0.113. The molecule has 0 amide bonds. The Morgan fingerprint density at radius 1 is 0.963 bits per heavy atom. The van der Waals surface area contributed by atoms with Gasteiger partial charge in [-0.3, -0.25) is 10.1 Å². The molecule has 27 heavy (non-hydrogen) atoms. The van der Waals surface area contributed by atoms with Crippen molar-refractivity contribution in [2.24, 2.45) is 0 Å². The summed E-state index contributed by atoms with van der Waals surface area (Å²) in [7, 11) is 0. The van der Waals surface area contributed by atoms with Crippen molar-refractivity contribution in [1.82, 2.24) is 0 Å². The van der Waals surface area contributed by atoms with Crippen molar-refractivity contribution in [2.45, 2.75) is 6.61 Å². The molecule has 0 aliphatic rings. The number of hydrogen-bond acceptors (Lipinski definition) is 5. The van der Waals surface area contributed by atoms with Crippen molar-refractivity contribution < 1.29 is 19.2 Å². The van der Waals surface area contributed by atoms with Crippen molar-refractivity contribution in [3.8, 4) is 11.5 Å². The van der Waals surface area contributed by atoms with Crippen LogP contribution in [0.15, 0.2) is 72.8 Å². The lowest BCUT2D eigenvalue weighted by atomic mass is 10.2. The Bertz CT molecular complexity index is 972. The van der Waals surface area contributed by atoms with E-state index in [1.807, 2.05) is 12.1 Å². The molecule has 0 aromatic heterocycles. The maximum absolute atomic E-state index is 12.1. The van der Waals surface area contributed by atoms with Gasteiger partial charge in [0.25, 0.3) is 5.69 Å². The van der Waals surface area contributed by atoms with Crippen LogP contribution in [0.1, 0.15) is 15.9 Å². The first kappa shape index (κ1) is 18.8. The lowest BCUT2D eigenvalue weighted by Crippen LogP contribution is -2.05. The second-order valence-electron chi connectivity index (χ2n) is 5.59. The lowest BCUT2D eigenvalue weighted by molar-refractivity contribution is -0.384. The molecule has 0 saturated heterocycles. The van der Waals surface area contributed by atoms with E-state index in [1.165, 1.54) is 24.3 Å². The fourth-order valence-electron chi connectivity index (χ4n) is 2.32. The third-order valence-corrected chi connectivity index (χ3v) is 4.28. The maximum atomic E-state index is 12.1. The minimum absolute atomic E-state index is 0.00131. The minimum atomic E-state index is -0.466. The fraction of sp³-hybridized carbons (Fsp3) is 0.0500. The van der Waals surface area contributed by atoms with Crippen LogP contribution in [0.4, 0.5) is 5.69 Å². The standard InChI is InChI=1S/C20H14INO5/c21-16-5-2-4-15(12-16)20(23)26-13-14-3-1-6-19(11-14)27-18-9-7-17(8-10-18)22(24)25/h1-12H,13H2. The van der Waals surface area contributed by atoms with Crippen LogP contribution < -0.4 is 4.74 Å². The molecule has 6 nitrogen and oxygen atoms in total. The molecule has 3 aromatic rings. The molecule has 0 saturated carbocycles.